The molecule has 0 radical (unpaired) electrons. The van der Waals surface area contributed by atoms with Crippen molar-refractivity contribution in [2.75, 3.05) is 17.1 Å². The van der Waals surface area contributed by atoms with Crippen molar-refractivity contribution < 1.29 is 17.9 Å². The van der Waals surface area contributed by atoms with E-state index in [1.54, 1.807) is 35.7 Å². The number of sulfonamides is 1. The van der Waals surface area contributed by atoms with Crippen LogP contribution in [0.15, 0.2) is 29.7 Å². The molecule has 0 saturated heterocycles. The van der Waals surface area contributed by atoms with Gasteiger partial charge in [-0.1, -0.05) is 29.8 Å². The van der Waals surface area contributed by atoms with Gasteiger partial charge in [-0.3, -0.25) is 9.52 Å². The lowest BCUT2D eigenvalue weighted by Gasteiger charge is -2.04. The standard InChI is InChI=1S/C17H20ClN3O4S2/c1-12(22)25-7-6-16-11-26-17(20-16)21-27(23,24)8-2-3-13-4-5-15(18)9-14(13)10-19/h2-5,9,11H,6-8,10,19H2,1H3,(H,20,21). The van der Waals surface area contributed by atoms with Gasteiger partial charge in [0.15, 0.2) is 5.13 Å². The molecule has 0 unspecified atom stereocenters. The first-order valence-corrected chi connectivity index (χ1v) is 10.9. The average molecular weight is 430 g/mol. The number of carbonyl (C=O) groups excluding carboxylic acids is 1. The monoisotopic (exact) mass is 429 g/mol. The third kappa shape index (κ3) is 7.30. The predicted molar refractivity (Wildman–Crippen MR) is 108 cm³/mol. The molecule has 0 fully saturated rings. The van der Waals surface area contributed by atoms with E-state index >= 15 is 0 Å². The minimum Gasteiger partial charge on any atom is -0.465 e. The van der Waals surface area contributed by atoms with E-state index in [9.17, 15) is 13.2 Å². The summed E-state index contributed by atoms with van der Waals surface area (Å²) in [5, 5.41) is 2.57. The Balaban J connectivity index is 1.93. The van der Waals surface area contributed by atoms with Crippen molar-refractivity contribution in [2.45, 2.75) is 19.9 Å². The number of hydrogen-bond donors (Lipinski definition) is 2. The summed E-state index contributed by atoms with van der Waals surface area (Å²) < 4.78 is 31.7. The second kappa shape index (κ2) is 9.84. The van der Waals surface area contributed by atoms with Crippen LogP contribution in [0, 0.1) is 0 Å². The van der Waals surface area contributed by atoms with Crippen LogP contribution >= 0.6 is 22.9 Å². The number of aromatic nitrogens is 1. The van der Waals surface area contributed by atoms with Crippen molar-refractivity contribution in [3.05, 3.63) is 51.5 Å². The Bertz CT molecular complexity index is 926. The Labute approximate surface area is 167 Å². The van der Waals surface area contributed by atoms with E-state index < -0.39 is 10.0 Å². The Morgan fingerprint density at radius 2 is 2.22 bits per heavy atom. The molecule has 7 nitrogen and oxygen atoms in total. The van der Waals surface area contributed by atoms with E-state index in [1.807, 2.05) is 0 Å². The first-order valence-electron chi connectivity index (χ1n) is 8.02. The SMILES string of the molecule is CC(=O)OCCc1csc(NS(=O)(=O)CC=Cc2ccc(Cl)cc2CN)n1. The van der Waals surface area contributed by atoms with Crippen LogP contribution in [0.4, 0.5) is 5.13 Å². The van der Waals surface area contributed by atoms with Gasteiger partial charge in [0.2, 0.25) is 10.0 Å². The first-order chi connectivity index (χ1) is 12.8. The van der Waals surface area contributed by atoms with Gasteiger partial charge < -0.3 is 10.5 Å². The van der Waals surface area contributed by atoms with Gasteiger partial charge >= 0.3 is 5.97 Å². The predicted octanol–water partition coefficient (Wildman–Crippen LogP) is 2.82. The van der Waals surface area contributed by atoms with E-state index in [0.717, 1.165) is 11.1 Å². The van der Waals surface area contributed by atoms with Gasteiger partial charge in [0.1, 0.15) is 0 Å². The molecule has 0 amide bonds. The molecule has 10 heteroatoms. The number of nitrogens with one attached hydrogen (secondary N) is 1. The molecule has 146 valence electrons. The van der Waals surface area contributed by atoms with E-state index in [-0.39, 0.29) is 23.5 Å². The number of esters is 1. The van der Waals surface area contributed by atoms with E-state index in [2.05, 4.69) is 9.71 Å². The molecule has 1 aromatic heterocycles. The summed E-state index contributed by atoms with van der Waals surface area (Å²) >= 11 is 7.10. The van der Waals surface area contributed by atoms with E-state index in [4.69, 9.17) is 22.1 Å². The fraction of sp³-hybridized carbons (Fsp3) is 0.294. The van der Waals surface area contributed by atoms with Gasteiger partial charge in [0.25, 0.3) is 0 Å². The zero-order valence-electron chi connectivity index (χ0n) is 14.6. The maximum Gasteiger partial charge on any atom is 0.302 e. The minimum atomic E-state index is -3.58. The summed E-state index contributed by atoms with van der Waals surface area (Å²) in [7, 11) is -3.58. The van der Waals surface area contributed by atoms with Gasteiger partial charge in [-0.2, -0.15) is 0 Å². The lowest BCUT2D eigenvalue weighted by molar-refractivity contribution is -0.140. The van der Waals surface area contributed by atoms with Gasteiger partial charge in [0, 0.05) is 30.3 Å². The van der Waals surface area contributed by atoms with Crippen LogP contribution in [0.25, 0.3) is 6.08 Å². The Morgan fingerprint density at radius 3 is 2.93 bits per heavy atom. The smallest absolute Gasteiger partial charge is 0.302 e. The maximum atomic E-state index is 12.2. The lowest BCUT2D eigenvalue weighted by atomic mass is 10.1. The molecule has 2 rings (SSSR count). The molecule has 27 heavy (non-hydrogen) atoms. The summed E-state index contributed by atoms with van der Waals surface area (Å²) in [6.07, 6.45) is 3.67. The number of halogens is 1. The maximum absolute atomic E-state index is 12.2. The molecule has 1 heterocycles. The van der Waals surface area contributed by atoms with Crippen LogP contribution in [0.2, 0.25) is 5.02 Å². The number of thiazole rings is 1. The molecular weight excluding hydrogens is 410 g/mol. The second-order valence-electron chi connectivity index (χ2n) is 5.57. The van der Waals surface area contributed by atoms with Crippen molar-refractivity contribution >= 4 is 50.1 Å². The van der Waals surface area contributed by atoms with Crippen molar-refractivity contribution in [2.24, 2.45) is 5.73 Å². The summed E-state index contributed by atoms with van der Waals surface area (Å²) in [6.45, 7) is 1.84. The molecule has 0 aliphatic rings. The number of rotatable bonds is 9. The van der Waals surface area contributed by atoms with E-state index in [0.29, 0.717) is 23.7 Å². The fourth-order valence-electron chi connectivity index (χ4n) is 2.16. The topological polar surface area (TPSA) is 111 Å². The first kappa shape index (κ1) is 21.4. The van der Waals surface area contributed by atoms with Crippen molar-refractivity contribution in [3.8, 4) is 0 Å². The molecule has 0 atom stereocenters. The fourth-order valence-corrected chi connectivity index (χ4v) is 4.26. The van der Waals surface area contributed by atoms with Gasteiger partial charge in [-0.05, 0) is 23.3 Å². The van der Waals surface area contributed by atoms with Crippen LogP contribution in [0.5, 0.6) is 0 Å². The molecule has 0 spiro atoms. The number of nitrogens with two attached hydrogens (primary N) is 1. The van der Waals surface area contributed by atoms with E-state index in [1.165, 1.54) is 18.3 Å². The molecule has 0 saturated carbocycles. The molecule has 0 bridgehead atoms. The van der Waals surface area contributed by atoms with Crippen LogP contribution < -0.4 is 10.5 Å². The average Bonchev–Trinajstić information content (AvgIpc) is 3.02. The number of carbonyl (C=O) groups is 1. The lowest BCUT2D eigenvalue weighted by Crippen LogP contribution is -2.15. The van der Waals surface area contributed by atoms with Gasteiger partial charge in [-0.15, -0.1) is 11.3 Å². The zero-order valence-corrected chi connectivity index (χ0v) is 17.0. The Hall–Kier alpha value is -1.94. The highest BCUT2D eigenvalue weighted by atomic mass is 35.5. The number of hydrogen-bond acceptors (Lipinski definition) is 7. The zero-order chi connectivity index (χ0) is 19.9. The Morgan fingerprint density at radius 1 is 1.44 bits per heavy atom. The third-order valence-corrected chi connectivity index (χ3v) is 5.70. The van der Waals surface area contributed by atoms with Crippen LogP contribution in [0.3, 0.4) is 0 Å². The molecule has 1 aromatic carbocycles. The molecular formula is C17H20ClN3O4S2. The highest BCUT2D eigenvalue weighted by Gasteiger charge is 2.12. The van der Waals surface area contributed by atoms with Crippen molar-refractivity contribution in [1.82, 2.24) is 4.98 Å². The number of nitrogens with zero attached hydrogens (tertiary/aromatic N) is 1. The molecule has 3 N–H and O–H groups in total. The van der Waals surface area contributed by atoms with Crippen LogP contribution in [-0.2, 0) is 32.5 Å². The highest BCUT2D eigenvalue weighted by Crippen LogP contribution is 2.19. The van der Waals surface area contributed by atoms with Crippen molar-refractivity contribution in [1.29, 1.82) is 0 Å². The summed E-state index contributed by atoms with van der Waals surface area (Å²) in [4.78, 5) is 14.9. The molecule has 0 aliphatic carbocycles. The third-order valence-electron chi connectivity index (χ3n) is 3.40. The Kier molecular flexibility index (Phi) is 7.78. The normalized spacial score (nSPS) is 11.7. The number of anilines is 1. The summed E-state index contributed by atoms with van der Waals surface area (Å²) in [6, 6.07) is 5.26. The van der Waals surface area contributed by atoms with Crippen LogP contribution in [0.1, 0.15) is 23.7 Å². The summed E-state index contributed by atoms with van der Waals surface area (Å²) in [5.41, 5.74) is 7.98. The number of ether oxygens (including phenoxy) is 1. The molecule has 0 aliphatic heterocycles. The highest BCUT2D eigenvalue weighted by molar-refractivity contribution is 7.93. The largest absolute Gasteiger partial charge is 0.465 e. The second-order valence-corrected chi connectivity index (χ2v) is 8.63. The van der Waals surface area contributed by atoms with Gasteiger partial charge in [-0.25, -0.2) is 13.4 Å². The quantitative estimate of drug-likeness (QED) is 0.593. The number of benzene rings is 1. The summed E-state index contributed by atoms with van der Waals surface area (Å²) in [5.74, 6) is -0.571. The van der Waals surface area contributed by atoms with Crippen molar-refractivity contribution in [3.63, 3.8) is 0 Å². The minimum absolute atomic E-state index is 0.206. The van der Waals surface area contributed by atoms with Crippen LogP contribution in [-0.4, -0.2) is 31.7 Å². The van der Waals surface area contributed by atoms with Gasteiger partial charge in [0.05, 0.1) is 18.1 Å². The molecule has 2 aromatic rings.